The van der Waals surface area contributed by atoms with Crippen molar-refractivity contribution < 1.29 is 36.4 Å². The van der Waals surface area contributed by atoms with E-state index in [4.69, 9.17) is 31.0 Å². The molecule has 1 fully saturated rings. The van der Waals surface area contributed by atoms with E-state index in [0.717, 1.165) is 11.3 Å². The Labute approximate surface area is 215 Å². The number of anilines is 1. The molecule has 1 saturated heterocycles. The van der Waals surface area contributed by atoms with Crippen LogP contribution < -0.4 is 21.5 Å². The van der Waals surface area contributed by atoms with E-state index in [1.807, 2.05) is 0 Å². The number of hydrogen-bond acceptors (Lipinski definition) is 12. The second-order valence-electron chi connectivity index (χ2n) is 8.18. The van der Waals surface area contributed by atoms with Gasteiger partial charge in [0.15, 0.2) is 10.8 Å². The number of aromatic nitrogens is 1. The minimum atomic E-state index is -4.94. The van der Waals surface area contributed by atoms with Crippen molar-refractivity contribution in [2.24, 2.45) is 10.9 Å². The highest BCUT2D eigenvalue weighted by atomic mass is 32.3. The zero-order chi connectivity index (χ0) is 27.4. The molecule has 2 amide bonds. The largest absolute Gasteiger partial charge is 0.493 e. The molecule has 200 valence electrons. The number of nitrogens with zero attached hydrogens (tertiary/aromatic N) is 3. The molecule has 17 heteroatoms. The Morgan fingerprint density at radius 3 is 2.54 bits per heavy atom. The first-order chi connectivity index (χ1) is 17.3. The van der Waals surface area contributed by atoms with Crippen LogP contribution in [0.4, 0.5) is 5.13 Å². The van der Waals surface area contributed by atoms with Gasteiger partial charge in [0.05, 0.1) is 12.1 Å². The lowest BCUT2D eigenvalue weighted by Crippen LogP contribution is -2.76. The van der Waals surface area contributed by atoms with Gasteiger partial charge in [-0.1, -0.05) is 5.16 Å². The third-order valence-corrected chi connectivity index (χ3v) is 6.08. The third kappa shape index (κ3) is 6.91. The zero-order valence-electron chi connectivity index (χ0n) is 19.7. The molecular weight excluding hydrogens is 530 g/mol. The molecule has 3 rings (SSSR count). The van der Waals surface area contributed by atoms with Gasteiger partial charge in [-0.3, -0.25) is 19.6 Å². The van der Waals surface area contributed by atoms with E-state index >= 15 is 0 Å². The van der Waals surface area contributed by atoms with E-state index in [1.54, 1.807) is 24.3 Å². The highest BCUT2D eigenvalue weighted by molar-refractivity contribution is 7.80. The summed E-state index contributed by atoms with van der Waals surface area (Å²) in [6.07, 6.45) is 0.405. The van der Waals surface area contributed by atoms with Gasteiger partial charge in [-0.15, -0.1) is 15.6 Å². The van der Waals surface area contributed by atoms with E-state index in [0.29, 0.717) is 22.8 Å². The monoisotopic (exact) mass is 555 g/mol. The molecule has 1 aliphatic heterocycles. The van der Waals surface area contributed by atoms with Crippen molar-refractivity contribution in [3.63, 3.8) is 0 Å². The summed E-state index contributed by atoms with van der Waals surface area (Å²) in [6.45, 7) is 3.19. The SMILES string of the molecule is CC1(C)[C@H](NC(=O)C(=NOCCCOc2ccc(C(=N)N)cc2)c2csc(N)n2)C(=O)N1OS(=O)(=O)O. The Bertz CT molecular complexity index is 1310. The number of amides is 2. The van der Waals surface area contributed by atoms with Crippen LogP contribution in [0.1, 0.15) is 31.5 Å². The molecule has 0 bridgehead atoms. The molecule has 1 aromatic heterocycles. The van der Waals surface area contributed by atoms with E-state index in [2.05, 4.69) is 19.7 Å². The number of thiazole rings is 1. The lowest BCUT2D eigenvalue weighted by molar-refractivity contribution is -0.218. The maximum absolute atomic E-state index is 12.9. The van der Waals surface area contributed by atoms with Crippen molar-refractivity contribution in [3.05, 3.63) is 40.9 Å². The number of nitrogen functional groups attached to an aromatic ring is 2. The molecule has 1 atom stereocenters. The fraction of sp³-hybridized carbons (Fsp3) is 0.350. The number of carbonyl (C=O) groups is 2. The van der Waals surface area contributed by atoms with Gasteiger partial charge in [-0.05, 0) is 38.1 Å². The Morgan fingerprint density at radius 2 is 2.00 bits per heavy atom. The van der Waals surface area contributed by atoms with Crippen LogP contribution in [0.25, 0.3) is 0 Å². The summed E-state index contributed by atoms with van der Waals surface area (Å²) >= 11 is 1.06. The summed E-state index contributed by atoms with van der Waals surface area (Å²) in [4.78, 5) is 34.5. The molecule has 1 aromatic carbocycles. The lowest BCUT2D eigenvalue weighted by Gasteiger charge is -2.50. The Balaban J connectivity index is 1.59. The molecule has 2 aromatic rings. The van der Waals surface area contributed by atoms with E-state index in [1.165, 1.54) is 19.2 Å². The molecule has 7 N–H and O–H groups in total. The summed E-state index contributed by atoms with van der Waals surface area (Å²) in [6, 6.07) is 5.48. The van der Waals surface area contributed by atoms with Crippen molar-refractivity contribution in [3.8, 4) is 5.75 Å². The quantitative estimate of drug-likeness (QED) is 0.0585. The van der Waals surface area contributed by atoms with Crippen LogP contribution in [0, 0.1) is 5.41 Å². The molecule has 2 heterocycles. The predicted octanol–water partition coefficient (Wildman–Crippen LogP) is 0.0392. The topological polar surface area (TPSA) is 233 Å². The lowest BCUT2D eigenvalue weighted by atomic mass is 9.84. The molecule has 37 heavy (non-hydrogen) atoms. The van der Waals surface area contributed by atoms with Crippen molar-refractivity contribution >= 4 is 50.2 Å². The Morgan fingerprint density at radius 1 is 1.32 bits per heavy atom. The number of hydrogen-bond donors (Lipinski definition) is 5. The highest BCUT2D eigenvalue weighted by Crippen LogP contribution is 2.32. The van der Waals surface area contributed by atoms with Crippen molar-refractivity contribution in [2.45, 2.75) is 31.8 Å². The summed E-state index contributed by atoms with van der Waals surface area (Å²) in [7, 11) is -4.94. The Hall–Kier alpha value is -3.80. The summed E-state index contributed by atoms with van der Waals surface area (Å²) in [5.74, 6) is -1.20. The summed E-state index contributed by atoms with van der Waals surface area (Å²) < 4.78 is 40.7. The van der Waals surface area contributed by atoms with Gasteiger partial charge in [0.2, 0.25) is 0 Å². The van der Waals surface area contributed by atoms with Crippen LogP contribution >= 0.6 is 11.3 Å². The van der Waals surface area contributed by atoms with Gasteiger partial charge in [-0.2, -0.15) is 13.5 Å². The van der Waals surface area contributed by atoms with Crippen LogP contribution in [0.5, 0.6) is 5.75 Å². The number of carbonyl (C=O) groups excluding carboxylic acids is 2. The van der Waals surface area contributed by atoms with Crippen LogP contribution in [-0.2, 0) is 29.1 Å². The molecule has 0 unspecified atom stereocenters. The smallest absolute Gasteiger partial charge is 0.418 e. The number of oxime groups is 1. The minimum absolute atomic E-state index is 0.0477. The molecule has 15 nitrogen and oxygen atoms in total. The van der Waals surface area contributed by atoms with Crippen LogP contribution in [0.15, 0.2) is 34.8 Å². The normalized spacial score (nSPS) is 17.2. The van der Waals surface area contributed by atoms with Crippen LogP contribution in [0.3, 0.4) is 0 Å². The number of nitrogens with two attached hydrogens (primary N) is 2. The van der Waals surface area contributed by atoms with Gasteiger partial charge in [-0.25, -0.2) is 4.98 Å². The number of amidine groups is 1. The van der Waals surface area contributed by atoms with E-state index in [-0.39, 0.29) is 35.6 Å². The maximum atomic E-state index is 12.9. The summed E-state index contributed by atoms with van der Waals surface area (Å²) in [5.41, 5.74) is 10.2. The molecule has 1 aliphatic rings. The number of ether oxygens (including phenoxy) is 1. The van der Waals surface area contributed by atoms with E-state index < -0.39 is 33.8 Å². The first-order valence-corrected chi connectivity index (χ1v) is 12.8. The van der Waals surface area contributed by atoms with Crippen molar-refractivity contribution in [1.82, 2.24) is 15.4 Å². The van der Waals surface area contributed by atoms with Gasteiger partial charge in [0.1, 0.15) is 29.9 Å². The first kappa shape index (κ1) is 27.8. The second kappa shape index (κ2) is 11.1. The molecule has 0 radical (unpaired) electrons. The maximum Gasteiger partial charge on any atom is 0.418 e. The second-order valence-corrected chi connectivity index (χ2v) is 10.1. The zero-order valence-corrected chi connectivity index (χ0v) is 21.3. The van der Waals surface area contributed by atoms with Crippen molar-refractivity contribution in [2.75, 3.05) is 18.9 Å². The van der Waals surface area contributed by atoms with Crippen LogP contribution in [0.2, 0.25) is 0 Å². The predicted molar refractivity (Wildman–Crippen MR) is 132 cm³/mol. The number of β-lactam (4-membered cyclic amide) rings is 1. The average Bonchev–Trinajstić information content (AvgIpc) is 3.25. The number of rotatable bonds is 12. The molecular formula is C20H25N7O8S2. The van der Waals surface area contributed by atoms with Gasteiger partial charge >= 0.3 is 10.4 Å². The molecule has 0 spiro atoms. The average molecular weight is 556 g/mol. The first-order valence-electron chi connectivity index (χ1n) is 10.6. The number of nitrogens with one attached hydrogen (secondary N) is 2. The molecule has 0 saturated carbocycles. The van der Waals surface area contributed by atoms with Gasteiger partial charge in [0.25, 0.3) is 11.8 Å². The third-order valence-electron chi connectivity index (χ3n) is 5.07. The number of benzene rings is 1. The van der Waals surface area contributed by atoms with E-state index in [9.17, 15) is 18.0 Å². The minimum Gasteiger partial charge on any atom is -0.493 e. The fourth-order valence-corrected chi connectivity index (χ4v) is 4.18. The molecule has 0 aliphatic carbocycles. The van der Waals surface area contributed by atoms with Gasteiger partial charge < -0.3 is 26.4 Å². The van der Waals surface area contributed by atoms with Gasteiger partial charge in [0, 0.05) is 17.4 Å². The van der Waals surface area contributed by atoms with Crippen molar-refractivity contribution in [1.29, 1.82) is 5.41 Å². The van der Waals surface area contributed by atoms with Crippen LogP contribution in [-0.4, -0.2) is 71.2 Å². The standard InChI is InChI=1S/C20H25N7O8S2/c1-20(2)15(18(29)27(20)35-37(30,31)32)25-17(28)14(13-10-36-19(23)24-13)26-34-9-3-8-33-12-6-4-11(5-7-12)16(21)22/h4-7,10,15H,3,8-9H2,1-2H3,(H3,21,22)(H2,23,24)(H,25,28)(H,30,31,32)/t15-/m1/s1. The Kier molecular flexibility index (Phi) is 8.32. The summed E-state index contributed by atoms with van der Waals surface area (Å²) in [5, 5.41) is 15.8. The number of hydroxylamine groups is 2. The fourth-order valence-electron chi connectivity index (χ4n) is 3.17. The highest BCUT2D eigenvalue weighted by Gasteiger charge is 2.58.